The van der Waals surface area contributed by atoms with Crippen LogP contribution >= 0.6 is 0 Å². The van der Waals surface area contributed by atoms with Gasteiger partial charge in [0.05, 0.1) is 17.9 Å². The molecule has 0 amide bonds. The minimum absolute atomic E-state index is 0.0487. The van der Waals surface area contributed by atoms with Crippen LogP contribution in [-0.2, 0) is 4.74 Å². The molecule has 1 aliphatic heterocycles. The molecule has 1 fully saturated rings. The number of hydrogen-bond acceptors (Lipinski definition) is 7. The van der Waals surface area contributed by atoms with Crippen LogP contribution in [0, 0.1) is 0 Å². The highest BCUT2D eigenvalue weighted by Crippen LogP contribution is 2.33. The molecule has 0 aliphatic carbocycles. The molecule has 2 aromatic rings. The van der Waals surface area contributed by atoms with Crippen LogP contribution in [0.3, 0.4) is 0 Å². The molecule has 7 heteroatoms. The molecule has 7 nitrogen and oxygen atoms in total. The third-order valence-corrected chi connectivity index (χ3v) is 3.63. The van der Waals surface area contributed by atoms with Crippen molar-refractivity contribution in [2.24, 2.45) is 0 Å². The maximum Gasteiger partial charge on any atom is 0.261 e. The standard InChI is InChI=1S/C14H18N4O3/c1-2-18-6-7-20-11(8-18)13-16-14(21-17-13)9-4-3-5-10(15)12(9)19/h3-5,11,19H,2,6-8,15H2,1H3. The molecule has 1 aromatic carbocycles. The van der Waals surface area contributed by atoms with E-state index in [0.29, 0.717) is 18.0 Å². The minimum Gasteiger partial charge on any atom is -0.505 e. The Balaban J connectivity index is 1.85. The number of likely N-dealkylation sites (N-methyl/N-ethyl adjacent to an activating group) is 1. The van der Waals surface area contributed by atoms with E-state index in [0.717, 1.165) is 19.6 Å². The van der Waals surface area contributed by atoms with Crippen LogP contribution in [0.2, 0.25) is 0 Å². The smallest absolute Gasteiger partial charge is 0.261 e. The Morgan fingerprint density at radius 3 is 3.14 bits per heavy atom. The molecule has 21 heavy (non-hydrogen) atoms. The van der Waals surface area contributed by atoms with Crippen LogP contribution in [0.15, 0.2) is 22.7 Å². The lowest BCUT2D eigenvalue weighted by Gasteiger charge is -2.30. The maximum absolute atomic E-state index is 9.96. The first kappa shape index (κ1) is 13.8. The molecule has 3 N–H and O–H groups in total. The molecule has 0 spiro atoms. The van der Waals surface area contributed by atoms with Gasteiger partial charge in [0.25, 0.3) is 5.89 Å². The van der Waals surface area contributed by atoms with Crippen molar-refractivity contribution in [2.45, 2.75) is 13.0 Å². The van der Waals surface area contributed by atoms with Gasteiger partial charge in [0.15, 0.2) is 5.75 Å². The van der Waals surface area contributed by atoms with Crippen LogP contribution in [0.25, 0.3) is 11.5 Å². The molecule has 0 radical (unpaired) electrons. The van der Waals surface area contributed by atoms with Gasteiger partial charge in [-0.15, -0.1) is 0 Å². The second kappa shape index (κ2) is 5.71. The second-order valence-corrected chi connectivity index (χ2v) is 4.95. The average Bonchev–Trinajstić information content (AvgIpc) is 3.00. The predicted octanol–water partition coefficient (Wildman–Crippen LogP) is 1.42. The number of anilines is 1. The Morgan fingerprint density at radius 1 is 1.48 bits per heavy atom. The molecule has 112 valence electrons. The van der Waals surface area contributed by atoms with Crippen LogP contribution < -0.4 is 5.73 Å². The number of rotatable bonds is 3. The average molecular weight is 290 g/mol. The van der Waals surface area contributed by atoms with E-state index in [1.807, 2.05) is 0 Å². The number of phenols is 1. The largest absolute Gasteiger partial charge is 0.505 e. The maximum atomic E-state index is 9.96. The van der Waals surface area contributed by atoms with Crippen LogP contribution in [0.4, 0.5) is 5.69 Å². The first-order chi connectivity index (χ1) is 10.2. The topological polar surface area (TPSA) is 97.6 Å². The van der Waals surface area contributed by atoms with Gasteiger partial charge in [-0.3, -0.25) is 4.90 Å². The fourth-order valence-electron chi connectivity index (χ4n) is 2.35. The Morgan fingerprint density at radius 2 is 2.33 bits per heavy atom. The van der Waals surface area contributed by atoms with Gasteiger partial charge in [-0.05, 0) is 18.7 Å². The number of benzene rings is 1. The second-order valence-electron chi connectivity index (χ2n) is 4.95. The number of nitrogens with zero attached hydrogens (tertiary/aromatic N) is 3. The summed E-state index contributed by atoms with van der Waals surface area (Å²) in [6.45, 7) is 5.35. The van der Waals surface area contributed by atoms with Gasteiger partial charge in [0, 0.05) is 13.1 Å². The van der Waals surface area contributed by atoms with Crippen molar-refractivity contribution >= 4 is 5.69 Å². The fraction of sp³-hybridized carbons (Fsp3) is 0.429. The van der Waals surface area contributed by atoms with Crippen molar-refractivity contribution in [3.63, 3.8) is 0 Å². The minimum atomic E-state index is -0.209. The van der Waals surface area contributed by atoms with Crippen molar-refractivity contribution in [3.8, 4) is 17.2 Å². The number of hydrogen-bond donors (Lipinski definition) is 2. The molecule has 0 saturated carbocycles. The SMILES string of the molecule is CCN1CCOC(c2noc(-c3cccc(N)c3O)n2)C1. The van der Waals surface area contributed by atoms with Crippen molar-refractivity contribution in [2.75, 3.05) is 32.0 Å². The third kappa shape index (κ3) is 2.70. The number of aromatic nitrogens is 2. The number of nitrogens with two attached hydrogens (primary N) is 1. The Bertz CT molecular complexity index is 628. The third-order valence-electron chi connectivity index (χ3n) is 3.63. The number of ether oxygens (including phenoxy) is 1. The van der Waals surface area contributed by atoms with E-state index < -0.39 is 0 Å². The van der Waals surface area contributed by atoms with E-state index in [9.17, 15) is 5.11 Å². The van der Waals surface area contributed by atoms with Crippen LogP contribution in [-0.4, -0.2) is 46.4 Å². The predicted molar refractivity (Wildman–Crippen MR) is 76.6 cm³/mol. The number of phenolic OH excluding ortho intramolecular Hbond substituents is 1. The first-order valence-corrected chi connectivity index (χ1v) is 6.94. The zero-order valence-corrected chi connectivity index (χ0v) is 11.8. The summed E-state index contributed by atoms with van der Waals surface area (Å²) in [6, 6.07) is 5.02. The highest BCUT2D eigenvalue weighted by molar-refractivity contribution is 5.71. The highest BCUT2D eigenvalue weighted by atomic mass is 16.5. The van der Waals surface area contributed by atoms with Gasteiger partial charge >= 0.3 is 0 Å². The van der Waals surface area contributed by atoms with Gasteiger partial charge in [-0.1, -0.05) is 18.1 Å². The van der Waals surface area contributed by atoms with Crippen molar-refractivity contribution in [1.29, 1.82) is 0 Å². The van der Waals surface area contributed by atoms with E-state index in [1.165, 1.54) is 0 Å². The molecule has 1 aromatic heterocycles. The summed E-state index contributed by atoms with van der Waals surface area (Å²) in [5.74, 6) is 0.685. The summed E-state index contributed by atoms with van der Waals surface area (Å²) in [4.78, 5) is 6.60. The number of para-hydroxylation sites is 1. The van der Waals surface area contributed by atoms with E-state index in [1.54, 1.807) is 18.2 Å². The van der Waals surface area contributed by atoms with Crippen LogP contribution in [0.1, 0.15) is 18.9 Å². The molecule has 3 rings (SSSR count). The Hall–Kier alpha value is -2.12. The van der Waals surface area contributed by atoms with E-state index in [4.69, 9.17) is 15.0 Å². The van der Waals surface area contributed by atoms with E-state index in [-0.39, 0.29) is 23.4 Å². The molecular weight excluding hydrogens is 272 g/mol. The van der Waals surface area contributed by atoms with Gasteiger partial charge in [-0.25, -0.2) is 0 Å². The van der Waals surface area contributed by atoms with Crippen molar-refractivity contribution < 1.29 is 14.4 Å². The summed E-state index contributed by atoms with van der Waals surface area (Å²) in [5.41, 5.74) is 6.38. The van der Waals surface area contributed by atoms with Gasteiger partial charge in [0.1, 0.15) is 6.10 Å². The number of nitrogen functional groups attached to an aromatic ring is 1. The lowest BCUT2D eigenvalue weighted by molar-refractivity contribution is -0.0334. The first-order valence-electron chi connectivity index (χ1n) is 6.94. The van der Waals surface area contributed by atoms with Crippen LogP contribution in [0.5, 0.6) is 5.75 Å². The summed E-state index contributed by atoms with van der Waals surface area (Å²) in [6.07, 6.45) is -0.209. The summed E-state index contributed by atoms with van der Waals surface area (Å²) in [7, 11) is 0. The van der Waals surface area contributed by atoms with Crippen molar-refractivity contribution in [1.82, 2.24) is 15.0 Å². The number of aromatic hydroxyl groups is 1. The molecule has 2 heterocycles. The van der Waals surface area contributed by atoms with Gasteiger partial charge in [-0.2, -0.15) is 4.98 Å². The monoisotopic (exact) mass is 290 g/mol. The van der Waals surface area contributed by atoms with Gasteiger partial charge in [0.2, 0.25) is 5.82 Å². The molecular formula is C14H18N4O3. The fourth-order valence-corrected chi connectivity index (χ4v) is 2.35. The molecule has 1 atom stereocenters. The zero-order chi connectivity index (χ0) is 14.8. The van der Waals surface area contributed by atoms with E-state index >= 15 is 0 Å². The summed E-state index contributed by atoms with van der Waals surface area (Å²) < 4.78 is 10.9. The molecule has 1 saturated heterocycles. The van der Waals surface area contributed by atoms with Crippen molar-refractivity contribution in [3.05, 3.63) is 24.0 Å². The Labute approximate surface area is 122 Å². The molecule has 1 unspecified atom stereocenters. The lowest BCUT2D eigenvalue weighted by Crippen LogP contribution is -2.38. The summed E-state index contributed by atoms with van der Waals surface area (Å²) in [5, 5.41) is 13.9. The normalized spacial score (nSPS) is 19.8. The Kier molecular flexibility index (Phi) is 3.76. The highest BCUT2D eigenvalue weighted by Gasteiger charge is 2.26. The molecule has 0 bridgehead atoms. The quantitative estimate of drug-likeness (QED) is 0.651. The number of morpholine rings is 1. The van der Waals surface area contributed by atoms with E-state index in [2.05, 4.69) is 22.0 Å². The summed E-state index contributed by atoms with van der Waals surface area (Å²) >= 11 is 0. The molecule has 1 aliphatic rings. The van der Waals surface area contributed by atoms with Gasteiger partial charge < -0.3 is 20.1 Å². The zero-order valence-electron chi connectivity index (χ0n) is 11.8. The lowest BCUT2D eigenvalue weighted by atomic mass is 10.1.